The van der Waals surface area contributed by atoms with Crippen LogP contribution in [0.15, 0.2) is 91.0 Å². The number of para-hydroxylation sites is 2. The predicted molar refractivity (Wildman–Crippen MR) is 182 cm³/mol. The van der Waals surface area contributed by atoms with E-state index < -0.39 is 11.3 Å². The van der Waals surface area contributed by atoms with E-state index in [9.17, 15) is 13.6 Å². The number of nitrogens with zero attached hydrogens (tertiary/aromatic N) is 3. The van der Waals surface area contributed by atoms with E-state index >= 15 is 0 Å². The number of ether oxygens (including phenoxy) is 2. The van der Waals surface area contributed by atoms with Crippen molar-refractivity contribution >= 4 is 62.6 Å². The highest BCUT2D eigenvalue weighted by atomic mass is 32.2. The topological polar surface area (TPSA) is 141 Å². The van der Waals surface area contributed by atoms with Crippen molar-refractivity contribution in [3.05, 3.63) is 96.6 Å². The first-order valence-electron chi connectivity index (χ1n) is 14.4. The summed E-state index contributed by atoms with van der Waals surface area (Å²) in [6.07, 6.45) is 0. The number of fused-ring (bicyclic) bond motifs is 1. The number of carbonyl (C=O) groups is 1. The minimum Gasteiger partial charge on any atom is -0.755 e. The van der Waals surface area contributed by atoms with Crippen LogP contribution in [0.2, 0.25) is 0 Å². The number of amides is 1. The second-order valence-corrected chi connectivity index (χ2v) is 12.2. The van der Waals surface area contributed by atoms with E-state index in [0.717, 1.165) is 15.6 Å². The van der Waals surface area contributed by atoms with Crippen molar-refractivity contribution in [2.45, 2.75) is 26.2 Å². The Balaban J connectivity index is 1.44. The van der Waals surface area contributed by atoms with Gasteiger partial charge in [0.25, 0.3) is 0 Å². The lowest BCUT2D eigenvalue weighted by atomic mass is 9.87. The van der Waals surface area contributed by atoms with Crippen molar-refractivity contribution in [1.82, 2.24) is 9.97 Å². The molecule has 1 heterocycles. The molecule has 1 unspecified atom stereocenters. The summed E-state index contributed by atoms with van der Waals surface area (Å²) in [5, 5.41) is 9.19. The van der Waals surface area contributed by atoms with Gasteiger partial charge in [0.05, 0.1) is 48.8 Å². The number of carbonyl (C=O) groups excluding carboxylic acids is 1. The molecule has 238 valence electrons. The average molecular weight is 640 g/mol. The first-order chi connectivity index (χ1) is 22.0. The molecule has 0 aliphatic carbocycles. The van der Waals surface area contributed by atoms with Gasteiger partial charge in [0, 0.05) is 35.3 Å². The van der Waals surface area contributed by atoms with E-state index in [1.165, 1.54) is 14.2 Å². The number of rotatable bonds is 11. The van der Waals surface area contributed by atoms with Gasteiger partial charge in [0.1, 0.15) is 11.5 Å². The van der Waals surface area contributed by atoms with Gasteiger partial charge in [-0.3, -0.25) is 13.3 Å². The maximum Gasteiger partial charge on any atom is 0.243 e. The lowest BCUT2D eigenvalue weighted by Gasteiger charge is -2.27. The van der Waals surface area contributed by atoms with Gasteiger partial charge < -0.3 is 30.0 Å². The van der Waals surface area contributed by atoms with E-state index in [1.807, 2.05) is 24.3 Å². The SMILES string of the molecule is COc1cc(Nc2nc3ccccc3nc2N(c2cccc(NC(=O)CNc3cccc(C(C)(C)C)c3)c2)S(=O)[O-])cc(OC)c1. The van der Waals surface area contributed by atoms with Crippen molar-refractivity contribution in [1.29, 1.82) is 0 Å². The molecule has 0 bridgehead atoms. The summed E-state index contributed by atoms with van der Waals surface area (Å²) >= 11 is -2.82. The summed E-state index contributed by atoms with van der Waals surface area (Å²) in [6, 6.07) is 26.7. The standard InChI is InChI=1S/C34H36N6O5S/c1-34(2,3)22-10-8-11-23(16-22)35-21-31(41)36-24-12-9-13-26(17-24)40(46(42)43)33-32(38-29-14-6-7-15-30(29)39-33)37-25-18-27(44-4)20-28(19-25)45-5/h6-20,35H,21H2,1-5H3,(H,36,41)(H,37,38)(H,42,43)/p-1. The lowest BCUT2D eigenvalue weighted by Crippen LogP contribution is -2.24. The van der Waals surface area contributed by atoms with Crippen LogP contribution in [-0.4, -0.2) is 45.4 Å². The van der Waals surface area contributed by atoms with Crippen LogP contribution in [0.1, 0.15) is 26.3 Å². The zero-order valence-corrected chi connectivity index (χ0v) is 27.0. The fourth-order valence-electron chi connectivity index (χ4n) is 4.70. The highest BCUT2D eigenvalue weighted by Crippen LogP contribution is 2.36. The van der Waals surface area contributed by atoms with Crippen molar-refractivity contribution in [3.63, 3.8) is 0 Å². The van der Waals surface area contributed by atoms with E-state index in [2.05, 4.69) is 47.8 Å². The molecule has 12 heteroatoms. The molecule has 1 atom stereocenters. The molecule has 5 rings (SSSR count). The number of methoxy groups -OCH3 is 2. The van der Waals surface area contributed by atoms with Gasteiger partial charge in [-0.1, -0.05) is 51.1 Å². The van der Waals surface area contributed by atoms with Crippen molar-refractivity contribution in [2.24, 2.45) is 0 Å². The zero-order valence-electron chi connectivity index (χ0n) is 26.2. The Kier molecular flexibility index (Phi) is 9.69. The van der Waals surface area contributed by atoms with Crippen molar-refractivity contribution in [2.75, 3.05) is 41.0 Å². The number of anilines is 6. The summed E-state index contributed by atoms with van der Waals surface area (Å²) in [5.41, 5.74) is 4.19. The molecule has 4 aromatic carbocycles. The minimum absolute atomic E-state index is 0.0171. The van der Waals surface area contributed by atoms with Crippen molar-refractivity contribution in [3.8, 4) is 11.5 Å². The van der Waals surface area contributed by atoms with Crippen molar-refractivity contribution < 1.29 is 23.0 Å². The molecular weight excluding hydrogens is 604 g/mol. The maximum atomic E-state index is 12.9. The molecular formula is C34H35N6O5S-. The van der Waals surface area contributed by atoms with E-state index in [0.29, 0.717) is 33.9 Å². The quantitative estimate of drug-likeness (QED) is 0.135. The average Bonchev–Trinajstić information content (AvgIpc) is 3.03. The molecule has 46 heavy (non-hydrogen) atoms. The van der Waals surface area contributed by atoms with Gasteiger partial charge in [0.15, 0.2) is 11.6 Å². The second kappa shape index (κ2) is 13.8. The fraction of sp³-hybridized carbons (Fsp3) is 0.206. The highest BCUT2D eigenvalue weighted by Gasteiger charge is 2.21. The molecule has 1 amide bonds. The monoisotopic (exact) mass is 639 g/mol. The number of aromatic nitrogens is 2. The largest absolute Gasteiger partial charge is 0.755 e. The summed E-state index contributed by atoms with van der Waals surface area (Å²) in [7, 11) is 3.07. The van der Waals surface area contributed by atoms with Gasteiger partial charge in [-0.2, -0.15) is 0 Å². The molecule has 0 aliphatic rings. The molecule has 0 radical (unpaired) electrons. The van der Waals surface area contributed by atoms with Crippen LogP contribution in [0.3, 0.4) is 0 Å². The van der Waals surface area contributed by atoms with Crippen LogP contribution in [0.25, 0.3) is 11.0 Å². The smallest absolute Gasteiger partial charge is 0.243 e. The van der Waals surface area contributed by atoms with Crippen LogP contribution in [0, 0.1) is 0 Å². The van der Waals surface area contributed by atoms with Crippen LogP contribution in [0.4, 0.5) is 34.4 Å². The number of hydrogen-bond acceptors (Lipinski definition) is 9. The summed E-state index contributed by atoms with van der Waals surface area (Å²) in [6.45, 7) is 6.40. The number of hydrogen-bond donors (Lipinski definition) is 3. The Morgan fingerprint density at radius 3 is 2.13 bits per heavy atom. The van der Waals surface area contributed by atoms with Gasteiger partial charge in [-0.25, -0.2) is 9.97 Å². The van der Waals surface area contributed by atoms with E-state index in [4.69, 9.17) is 14.5 Å². The molecule has 11 nitrogen and oxygen atoms in total. The Bertz CT molecular complexity index is 1870. The third-order valence-electron chi connectivity index (χ3n) is 7.05. The zero-order chi connectivity index (χ0) is 32.8. The van der Waals surface area contributed by atoms with Crippen LogP contribution < -0.4 is 29.7 Å². The summed E-state index contributed by atoms with van der Waals surface area (Å²) < 4.78 is 37.5. The molecule has 0 spiro atoms. The van der Waals surface area contributed by atoms with Gasteiger partial charge >= 0.3 is 0 Å². The molecule has 5 aromatic rings. The molecule has 0 saturated heterocycles. The normalized spacial score (nSPS) is 11.9. The first-order valence-corrected chi connectivity index (χ1v) is 15.5. The van der Waals surface area contributed by atoms with E-state index in [-0.39, 0.29) is 35.2 Å². The van der Waals surface area contributed by atoms with Gasteiger partial charge in [-0.15, -0.1) is 0 Å². The third kappa shape index (κ3) is 7.71. The third-order valence-corrected chi connectivity index (χ3v) is 7.74. The molecule has 1 aromatic heterocycles. The van der Waals surface area contributed by atoms with Crippen LogP contribution in [0.5, 0.6) is 11.5 Å². The summed E-state index contributed by atoms with van der Waals surface area (Å²) in [4.78, 5) is 22.3. The Morgan fingerprint density at radius 1 is 0.826 bits per heavy atom. The highest BCUT2D eigenvalue weighted by molar-refractivity contribution is 7.81. The first kappa shape index (κ1) is 32.2. The molecule has 0 fully saturated rings. The number of benzene rings is 4. The Labute approximate surface area is 270 Å². The van der Waals surface area contributed by atoms with Crippen LogP contribution in [-0.2, 0) is 21.5 Å². The number of nitrogens with one attached hydrogen (secondary N) is 3. The maximum absolute atomic E-state index is 12.9. The van der Waals surface area contributed by atoms with Crippen LogP contribution >= 0.6 is 0 Å². The minimum atomic E-state index is -2.82. The summed E-state index contributed by atoms with van der Waals surface area (Å²) in [5.74, 6) is 0.961. The van der Waals surface area contributed by atoms with E-state index in [1.54, 1.807) is 60.7 Å². The predicted octanol–water partition coefficient (Wildman–Crippen LogP) is 6.67. The Hall–Kier alpha value is -5.20. The molecule has 3 N–H and O–H groups in total. The fourth-order valence-corrected chi connectivity index (χ4v) is 5.26. The van der Waals surface area contributed by atoms with Gasteiger partial charge in [-0.05, 0) is 53.4 Å². The second-order valence-electron chi connectivity index (χ2n) is 11.4. The lowest BCUT2D eigenvalue weighted by molar-refractivity contribution is -0.114. The molecule has 0 aliphatic heterocycles. The van der Waals surface area contributed by atoms with Gasteiger partial charge in [0.2, 0.25) is 5.91 Å². The molecule has 0 saturated carbocycles. The Morgan fingerprint density at radius 2 is 1.48 bits per heavy atom.